The van der Waals surface area contributed by atoms with E-state index in [-0.39, 0.29) is 0 Å². The van der Waals surface area contributed by atoms with Crippen LogP contribution in [0.1, 0.15) is 26.7 Å². The van der Waals surface area contributed by atoms with Crippen LogP contribution in [-0.4, -0.2) is 16.7 Å². The average Bonchev–Trinajstić information content (AvgIpc) is 1.83. The molecule has 1 nitrogen and oxygen atoms in total. The van der Waals surface area contributed by atoms with Gasteiger partial charge in [0, 0.05) is 16.7 Å². The summed E-state index contributed by atoms with van der Waals surface area (Å²) in [6, 6.07) is 0. The number of hydrogen-bond acceptors (Lipinski definition) is 1. The first kappa shape index (κ1) is 9.40. The van der Waals surface area contributed by atoms with Gasteiger partial charge >= 0.3 is 0 Å². The largest absolute Gasteiger partial charge is 0.298 e. The molecule has 2 heteroatoms. The van der Waals surface area contributed by atoms with Gasteiger partial charge in [0.2, 0.25) is 0 Å². The number of aliphatic imine (C=N–C) groups is 1. The van der Waals surface area contributed by atoms with Crippen molar-refractivity contribution >= 4 is 28.3 Å². The van der Waals surface area contributed by atoms with Crippen molar-refractivity contribution in [3.8, 4) is 0 Å². The normalized spacial score (nSPS) is 15.8. The Kier molecular flexibility index (Phi) is 5.44. The summed E-state index contributed by atoms with van der Waals surface area (Å²) in [5.74, 6) is 0. The predicted octanol–water partition coefficient (Wildman–Crippen LogP) is 2.68. The smallest absolute Gasteiger partial charge is 0.0276 e. The van der Waals surface area contributed by atoms with Crippen LogP contribution in [0, 0.1) is 0 Å². The topological polar surface area (TPSA) is 12.4 Å². The average molecular weight is 239 g/mol. The maximum absolute atomic E-state index is 4.07. The van der Waals surface area contributed by atoms with Gasteiger partial charge in [0.1, 0.15) is 0 Å². The van der Waals surface area contributed by atoms with Crippen molar-refractivity contribution in [3.05, 3.63) is 0 Å². The molecule has 0 rings (SSSR count). The maximum atomic E-state index is 4.07. The Bertz CT molecular complexity index is 97.1. The summed E-state index contributed by atoms with van der Waals surface area (Å²) >= 11 is 2.44. The van der Waals surface area contributed by atoms with E-state index in [0.717, 1.165) is 10.3 Å². The first-order valence-corrected chi connectivity index (χ1v) is 4.47. The van der Waals surface area contributed by atoms with Crippen molar-refractivity contribution in [2.45, 2.75) is 30.6 Å². The summed E-state index contributed by atoms with van der Waals surface area (Å²) in [7, 11) is 1.85. The number of halogens is 1. The summed E-state index contributed by atoms with van der Waals surface area (Å²) in [5.41, 5.74) is 1.26. The first-order valence-electron chi connectivity index (χ1n) is 3.23. The van der Waals surface area contributed by atoms with E-state index in [1.54, 1.807) is 0 Å². The van der Waals surface area contributed by atoms with Crippen LogP contribution in [0.5, 0.6) is 0 Å². The van der Waals surface area contributed by atoms with Gasteiger partial charge in [-0.2, -0.15) is 0 Å². The van der Waals surface area contributed by atoms with Crippen LogP contribution in [0.3, 0.4) is 0 Å². The van der Waals surface area contributed by atoms with Crippen LogP contribution in [0.2, 0.25) is 0 Å². The van der Waals surface area contributed by atoms with Crippen molar-refractivity contribution in [2.24, 2.45) is 4.99 Å². The molecule has 0 aliphatic carbocycles. The van der Waals surface area contributed by atoms with E-state index in [0.29, 0.717) is 0 Å². The van der Waals surface area contributed by atoms with Crippen LogP contribution in [0.4, 0.5) is 0 Å². The van der Waals surface area contributed by atoms with E-state index < -0.39 is 0 Å². The Morgan fingerprint density at radius 2 is 2.22 bits per heavy atom. The van der Waals surface area contributed by atoms with E-state index in [2.05, 4.69) is 41.4 Å². The minimum Gasteiger partial charge on any atom is -0.298 e. The van der Waals surface area contributed by atoms with Crippen LogP contribution in [-0.2, 0) is 0 Å². The second-order valence-electron chi connectivity index (χ2n) is 2.28. The zero-order valence-electron chi connectivity index (χ0n) is 6.32. The van der Waals surface area contributed by atoms with Gasteiger partial charge in [0.25, 0.3) is 0 Å². The van der Waals surface area contributed by atoms with Gasteiger partial charge in [-0.1, -0.05) is 29.5 Å². The molecule has 0 radical (unpaired) electrons. The molecule has 0 heterocycles. The third-order valence-corrected chi connectivity index (χ3v) is 1.91. The van der Waals surface area contributed by atoms with E-state index in [9.17, 15) is 0 Å². The minimum absolute atomic E-state index is 0.777. The summed E-state index contributed by atoms with van der Waals surface area (Å²) < 4.78 is 0.777. The lowest BCUT2D eigenvalue weighted by atomic mass is 10.2. The van der Waals surface area contributed by atoms with Crippen molar-refractivity contribution in [1.82, 2.24) is 0 Å². The van der Waals surface area contributed by atoms with Crippen LogP contribution >= 0.6 is 22.6 Å². The van der Waals surface area contributed by atoms with Crippen molar-refractivity contribution in [3.63, 3.8) is 0 Å². The van der Waals surface area contributed by atoms with Gasteiger partial charge in [0.15, 0.2) is 0 Å². The predicted molar refractivity (Wildman–Crippen MR) is 51.7 cm³/mol. The molecular weight excluding hydrogens is 225 g/mol. The summed E-state index contributed by atoms with van der Waals surface area (Å²) in [4.78, 5) is 4.07. The molecule has 0 spiro atoms. The first-order chi connectivity index (χ1) is 4.16. The lowest BCUT2D eigenvalue weighted by molar-refractivity contribution is 0.876. The molecule has 54 valence electrons. The minimum atomic E-state index is 0.777. The molecule has 0 aliphatic heterocycles. The van der Waals surface area contributed by atoms with Crippen LogP contribution < -0.4 is 0 Å². The summed E-state index contributed by atoms with van der Waals surface area (Å²) in [5, 5.41) is 0. The molecule has 9 heavy (non-hydrogen) atoms. The van der Waals surface area contributed by atoms with E-state index in [4.69, 9.17) is 0 Å². The van der Waals surface area contributed by atoms with Crippen molar-refractivity contribution in [1.29, 1.82) is 0 Å². The molecule has 0 aromatic rings. The molecule has 0 fully saturated rings. The van der Waals surface area contributed by atoms with Gasteiger partial charge in [-0.05, 0) is 19.8 Å². The fourth-order valence-electron chi connectivity index (χ4n) is 0.520. The Labute approximate surface area is 71.1 Å². The fraction of sp³-hybridized carbons (Fsp3) is 0.857. The molecule has 0 unspecified atom stereocenters. The van der Waals surface area contributed by atoms with Gasteiger partial charge in [-0.3, -0.25) is 4.99 Å². The van der Waals surface area contributed by atoms with E-state index in [1.165, 1.54) is 12.1 Å². The molecule has 0 aromatic heterocycles. The molecule has 0 bridgehead atoms. The third-order valence-electron chi connectivity index (χ3n) is 1.29. The second-order valence-corrected chi connectivity index (χ2v) is 4.40. The lowest BCUT2D eigenvalue weighted by Crippen LogP contribution is -1.96. The monoisotopic (exact) mass is 239 g/mol. The highest BCUT2D eigenvalue weighted by Crippen LogP contribution is 2.07. The van der Waals surface area contributed by atoms with Crippen LogP contribution in [0.15, 0.2) is 4.99 Å². The lowest BCUT2D eigenvalue weighted by Gasteiger charge is -2.00. The highest BCUT2D eigenvalue weighted by Gasteiger charge is 1.95. The molecular formula is C7H14IN. The SMILES string of the molecule is CN=C(C)CC[C@@H](C)I. The highest BCUT2D eigenvalue weighted by atomic mass is 127. The molecule has 1 atom stereocenters. The van der Waals surface area contributed by atoms with E-state index in [1.807, 2.05) is 7.05 Å². The van der Waals surface area contributed by atoms with Crippen LogP contribution in [0.25, 0.3) is 0 Å². The van der Waals surface area contributed by atoms with Crippen molar-refractivity contribution in [2.75, 3.05) is 7.05 Å². The number of alkyl halides is 1. The number of nitrogens with zero attached hydrogens (tertiary/aromatic N) is 1. The maximum Gasteiger partial charge on any atom is 0.0276 e. The standard InChI is InChI=1S/C7H14IN/c1-6(8)4-5-7(2)9-3/h6H,4-5H2,1-3H3/t6-/m1/s1. The Balaban J connectivity index is 3.28. The van der Waals surface area contributed by atoms with Gasteiger partial charge in [-0.25, -0.2) is 0 Å². The second kappa shape index (κ2) is 5.21. The molecule has 0 amide bonds. The zero-order valence-corrected chi connectivity index (χ0v) is 8.47. The fourth-order valence-corrected chi connectivity index (χ4v) is 0.831. The Hall–Kier alpha value is 0.400. The summed E-state index contributed by atoms with van der Waals surface area (Å²) in [6.45, 7) is 4.31. The van der Waals surface area contributed by atoms with Gasteiger partial charge < -0.3 is 0 Å². The molecule has 0 saturated heterocycles. The number of hydrogen-bond donors (Lipinski definition) is 0. The molecule has 0 aromatic carbocycles. The van der Waals surface area contributed by atoms with Crippen molar-refractivity contribution < 1.29 is 0 Å². The molecule has 0 N–H and O–H groups in total. The quantitative estimate of drug-likeness (QED) is 0.408. The third kappa shape index (κ3) is 6.28. The zero-order chi connectivity index (χ0) is 7.28. The Morgan fingerprint density at radius 3 is 2.56 bits per heavy atom. The molecule has 0 aliphatic rings. The van der Waals surface area contributed by atoms with Gasteiger partial charge in [0.05, 0.1) is 0 Å². The van der Waals surface area contributed by atoms with Gasteiger partial charge in [-0.15, -0.1) is 0 Å². The summed E-state index contributed by atoms with van der Waals surface area (Å²) in [6.07, 6.45) is 2.41. The van der Waals surface area contributed by atoms with E-state index >= 15 is 0 Å². The molecule has 0 saturated carbocycles. The highest BCUT2D eigenvalue weighted by molar-refractivity contribution is 14.1. The Morgan fingerprint density at radius 1 is 1.67 bits per heavy atom. The number of rotatable bonds is 3.